The number of esters is 1. The van der Waals surface area contributed by atoms with Gasteiger partial charge in [0.1, 0.15) is 0 Å². The van der Waals surface area contributed by atoms with Gasteiger partial charge in [0.05, 0.1) is 18.1 Å². The molecule has 2 aromatic carbocycles. The number of unbranched alkanes of at least 4 members (excludes halogenated alkanes) is 7. The molecule has 4 nitrogen and oxygen atoms in total. The molecule has 0 N–H and O–H groups in total. The van der Waals surface area contributed by atoms with E-state index in [0.29, 0.717) is 5.69 Å². The maximum atomic E-state index is 14.5. The van der Waals surface area contributed by atoms with Crippen molar-refractivity contribution in [3.8, 4) is 17.0 Å². The number of aryl methyl sites for hydroxylation is 2. The molecular formula is C30H37FN2O2. The Morgan fingerprint density at radius 2 is 1.46 bits per heavy atom. The van der Waals surface area contributed by atoms with Crippen molar-refractivity contribution >= 4 is 5.97 Å². The molecule has 0 unspecified atom stereocenters. The lowest BCUT2D eigenvalue weighted by Gasteiger charge is -2.08. The number of halogens is 1. The molecule has 0 saturated carbocycles. The third-order valence-corrected chi connectivity index (χ3v) is 6.17. The van der Waals surface area contributed by atoms with E-state index >= 15 is 0 Å². The van der Waals surface area contributed by atoms with Gasteiger partial charge < -0.3 is 4.74 Å². The summed E-state index contributed by atoms with van der Waals surface area (Å²) in [7, 11) is 0. The smallest absolute Gasteiger partial charge is 0.364 e. The van der Waals surface area contributed by atoms with Gasteiger partial charge >= 0.3 is 5.97 Å². The van der Waals surface area contributed by atoms with Crippen LogP contribution in [0.5, 0.6) is 5.75 Å². The van der Waals surface area contributed by atoms with E-state index in [0.717, 1.165) is 43.2 Å². The van der Waals surface area contributed by atoms with E-state index in [1.54, 1.807) is 0 Å². The zero-order chi connectivity index (χ0) is 24.9. The predicted octanol–water partition coefficient (Wildman–Crippen LogP) is 8.14. The van der Waals surface area contributed by atoms with E-state index in [9.17, 15) is 9.18 Å². The number of carbonyl (C=O) groups is 1. The second-order valence-electron chi connectivity index (χ2n) is 9.11. The largest absolute Gasteiger partial charge is 0.419 e. The van der Waals surface area contributed by atoms with Gasteiger partial charge in [-0.15, -0.1) is 0 Å². The topological polar surface area (TPSA) is 52.1 Å². The van der Waals surface area contributed by atoms with Gasteiger partial charge in [0.25, 0.3) is 0 Å². The minimum atomic E-state index is -0.725. The van der Waals surface area contributed by atoms with Crippen molar-refractivity contribution in [3.63, 3.8) is 0 Å². The summed E-state index contributed by atoms with van der Waals surface area (Å²) in [6, 6.07) is 12.9. The van der Waals surface area contributed by atoms with Crippen LogP contribution < -0.4 is 4.74 Å². The molecule has 0 bridgehead atoms. The Labute approximate surface area is 209 Å². The molecule has 0 fully saturated rings. The van der Waals surface area contributed by atoms with Gasteiger partial charge in [0, 0.05) is 5.56 Å². The zero-order valence-corrected chi connectivity index (χ0v) is 21.1. The second-order valence-corrected chi connectivity index (χ2v) is 9.11. The molecular weight excluding hydrogens is 439 g/mol. The van der Waals surface area contributed by atoms with Crippen molar-refractivity contribution in [1.29, 1.82) is 0 Å². The highest BCUT2D eigenvalue weighted by Crippen LogP contribution is 2.22. The second kappa shape index (κ2) is 14.3. The van der Waals surface area contributed by atoms with Gasteiger partial charge in [0.2, 0.25) is 0 Å². The lowest BCUT2D eigenvalue weighted by molar-refractivity contribution is 0.0721. The molecule has 0 radical (unpaired) electrons. The Morgan fingerprint density at radius 3 is 2.09 bits per heavy atom. The average Bonchev–Trinajstić information content (AvgIpc) is 2.88. The zero-order valence-electron chi connectivity index (χ0n) is 21.1. The average molecular weight is 477 g/mol. The van der Waals surface area contributed by atoms with E-state index in [-0.39, 0.29) is 11.4 Å². The summed E-state index contributed by atoms with van der Waals surface area (Å²) < 4.78 is 19.8. The summed E-state index contributed by atoms with van der Waals surface area (Å²) in [5.74, 6) is -1.35. The molecule has 0 atom stereocenters. The summed E-state index contributed by atoms with van der Waals surface area (Å²) in [5, 5.41) is 0. The van der Waals surface area contributed by atoms with E-state index < -0.39 is 11.8 Å². The molecule has 35 heavy (non-hydrogen) atoms. The van der Waals surface area contributed by atoms with Crippen molar-refractivity contribution in [3.05, 3.63) is 77.5 Å². The molecule has 0 aliphatic carbocycles. The maximum Gasteiger partial charge on any atom is 0.364 e. The Kier molecular flexibility index (Phi) is 10.9. The monoisotopic (exact) mass is 476 g/mol. The van der Waals surface area contributed by atoms with Crippen molar-refractivity contribution < 1.29 is 13.9 Å². The number of aromatic nitrogens is 2. The Balaban J connectivity index is 1.48. The number of hydrogen-bond donors (Lipinski definition) is 0. The lowest BCUT2D eigenvalue weighted by Crippen LogP contribution is -2.12. The van der Waals surface area contributed by atoms with E-state index in [1.165, 1.54) is 68.6 Å². The van der Waals surface area contributed by atoms with Crippen LogP contribution in [-0.4, -0.2) is 15.9 Å². The van der Waals surface area contributed by atoms with Gasteiger partial charge in [-0.2, -0.15) is 0 Å². The molecule has 3 aromatic rings. The standard InChI is InChI=1S/C30H37FN2O2/c1-3-5-6-7-8-9-10-11-13-24-16-19-29(26(31)20-24)35-30(34)28-22-32-27(21-33-28)25-17-14-23(12-4-2)15-18-25/h14-22H,3-13H2,1-2H3. The number of nitrogens with zero attached hydrogens (tertiary/aromatic N) is 2. The van der Waals surface area contributed by atoms with Crippen LogP contribution >= 0.6 is 0 Å². The minimum Gasteiger partial charge on any atom is -0.419 e. The highest BCUT2D eigenvalue weighted by Gasteiger charge is 2.15. The number of ether oxygens (including phenoxy) is 1. The third-order valence-electron chi connectivity index (χ3n) is 6.17. The molecule has 5 heteroatoms. The molecule has 1 aromatic heterocycles. The first kappa shape index (κ1) is 26.5. The van der Waals surface area contributed by atoms with Crippen LogP contribution in [0, 0.1) is 5.82 Å². The molecule has 0 aliphatic rings. The SMILES string of the molecule is CCCCCCCCCCc1ccc(OC(=O)c2cnc(-c3ccc(CCC)cc3)cn2)c(F)c1. The van der Waals surface area contributed by atoms with Gasteiger partial charge in [-0.1, -0.05) is 95.5 Å². The van der Waals surface area contributed by atoms with Crippen LogP contribution in [0.15, 0.2) is 54.9 Å². The van der Waals surface area contributed by atoms with Gasteiger partial charge in [-0.25, -0.2) is 14.2 Å². The molecule has 0 aliphatic heterocycles. The highest BCUT2D eigenvalue weighted by atomic mass is 19.1. The molecule has 186 valence electrons. The summed E-state index contributed by atoms with van der Waals surface area (Å²) in [4.78, 5) is 21.0. The van der Waals surface area contributed by atoms with Crippen molar-refractivity contribution in [2.75, 3.05) is 0 Å². The number of benzene rings is 2. The number of carbonyl (C=O) groups excluding carboxylic acids is 1. The van der Waals surface area contributed by atoms with Crippen molar-refractivity contribution in [1.82, 2.24) is 9.97 Å². The third kappa shape index (κ3) is 8.57. The molecule has 3 rings (SSSR count). The normalized spacial score (nSPS) is 10.9. The number of rotatable bonds is 14. The van der Waals surface area contributed by atoms with E-state index in [4.69, 9.17) is 4.74 Å². The molecule has 0 spiro atoms. The summed E-state index contributed by atoms with van der Waals surface area (Å²) >= 11 is 0. The molecule has 0 saturated heterocycles. The van der Waals surface area contributed by atoms with Gasteiger partial charge in [0.15, 0.2) is 17.3 Å². The summed E-state index contributed by atoms with van der Waals surface area (Å²) in [6.45, 7) is 4.38. The van der Waals surface area contributed by atoms with Gasteiger partial charge in [-0.3, -0.25) is 4.98 Å². The van der Waals surface area contributed by atoms with Crippen LogP contribution in [0.2, 0.25) is 0 Å². The number of hydrogen-bond acceptors (Lipinski definition) is 4. The quantitative estimate of drug-likeness (QED) is 0.134. The van der Waals surface area contributed by atoms with Gasteiger partial charge in [-0.05, 0) is 42.5 Å². The predicted molar refractivity (Wildman–Crippen MR) is 139 cm³/mol. The fraction of sp³-hybridized carbons (Fsp3) is 0.433. The maximum absolute atomic E-state index is 14.5. The first-order valence-corrected chi connectivity index (χ1v) is 13.0. The van der Waals surface area contributed by atoms with Crippen LogP contribution in [-0.2, 0) is 12.8 Å². The highest BCUT2D eigenvalue weighted by molar-refractivity contribution is 5.88. The fourth-order valence-electron chi connectivity index (χ4n) is 4.11. The lowest BCUT2D eigenvalue weighted by atomic mass is 10.0. The first-order valence-electron chi connectivity index (χ1n) is 13.0. The minimum absolute atomic E-state index is 0.0405. The fourth-order valence-corrected chi connectivity index (χ4v) is 4.11. The van der Waals surface area contributed by atoms with E-state index in [1.807, 2.05) is 18.2 Å². The van der Waals surface area contributed by atoms with Crippen molar-refractivity contribution in [2.24, 2.45) is 0 Å². The van der Waals surface area contributed by atoms with Crippen LogP contribution in [0.4, 0.5) is 4.39 Å². The Hall–Kier alpha value is -3.08. The van der Waals surface area contributed by atoms with E-state index in [2.05, 4.69) is 35.9 Å². The van der Waals surface area contributed by atoms with Crippen molar-refractivity contribution in [2.45, 2.75) is 84.5 Å². The Bertz CT molecular complexity index is 1050. The first-order chi connectivity index (χ1) is 17.1. The van der Waals surface area contributed by atoms with Crippen LogP contribution in [0.3, 0.4) is 0 Å². The Morgan fingerprint density at radius 1 is 0.771 bits per heavy atom. The van der Waals surface area contributed by atoms with Crippen LogP contribution in [0.25, 0.3) is 11.3 Å². The summed E-state index contributed by atoms with van der Waals surface area (Å²) in [6.07, 6.45) is 15.8. The summed E-state index contributed by atoms with van der Waals surface area (Å²) in [5.41, 5.74) is 3.83. The molecule has 1 heterocycles. The van der Waals surface area contributed by atoms with Crippen LogP contribution in [0.1, 0.15) is 93.3 Å². The molecule has 0 amide bonds.